The lowest BCUT2D eigenvalue weighted by atomic mass is 9.56. The quantitative estimate of drug-likeness (QED) is 0.315. The van der Waals surface area contributed by atoms with E-state index in [-0.39, 0.29) is 23.7 Å². The van der Waals surface area contributed by atoms with Gasteiger partial charge < -0.3 is 9.84 Å². The lowest BCUT2D eigenvalue weighted by Crippen LogP contribution is -2.49. The Kier molecular flexibility index (Phi) is 8.38. The van der Waals surface area contributed by atoms with Gasteiger partial charge in [0.1, 0.15) is 12.4 Å². The van der Waals surface area contributed by atoms with Gasteiger partial charge in [-0.3, -0.25) is 14.4 Å². The number of carbonyl (C=O) groups is 4. The second kappa shape index (κ2) is 10.4. The molecule has 2 aliphatic carbocycles. The highest BCUT2D eigenvalue weighted by atomic mass is 16.5. The Balaban J connectivity index is 2.29. The Morgan fingerprint density at radius 2 is 2.00 bits per heavy atom. The van der Waals surface area contributed by atoms with E-state index in [1.165, 1.54) is 6.08 Å². The molecule has 2 aliphatic rings. The van der Waals surface area contributed by atoms with Gasteiger partial charge in [-0.05, 0) is 61.7 Å². The monoisotopic (exact) mass is 444 g/mol. The van der Waals surface area contributed by atoms with Crippen molar-refractivity contribution in [3.05, 3.63) is 35.5 Å². The Bertz CT molecular complexity index is 850. The predicted molar refractivity (Wildman–Crippen MR) is 122 cm³/mol. The number of carboxylic acid groups (broad SMARTS) is 1. The van der Waals surface area contributed by atoms with Crippen molar-refractivity contribution in [2.75, 3.05) is 0 Å². The molecule has 1 fully saturated rings. The summed E-state index contributed by atoms with van der Waals surface area (Å²) in [5.74, 6) is -2.39. The summed E-state index contributed by atoms with van der Waals surface area (Å²) in [6.45, 7) is 13.6. The molecule has 32 heavy (non-hydrogen) atoms. The molecule has 0 aromatic carbocycles. The molecule has 0 amide bonds. The molecule has 176 valence electrons. The molecule has 0 aliphatic heterocycles. The molecule has 6 heteroatoms. The molecule has 0 heterocycles. The highest BCUT2D eigenvalue weighted by molar-refractivity contribution is 6.00. The standard InChI is InChI=1S/C26H36O6/c1-7-15(2)10-16(3)11-17(4)25(31)32-23-9-8-20(24(29)30)26(6)13-19(18(5)14-27)22(28)12-21(23)26/h11-12,14-16,19-20,23H,5,7-10,13H2,1-4,6H3,(H,29,30)/b17-11+/t15?,16?,19-,20+,23+,26+/m0/s1. The number of carbonyl (C=O) groups excluding carboxylic acids is 3. The molecule has 0 bridgehead atoms. The maximum Gasteiger partial charge on any atom is 0.333 e. The van der Waals surface area contributed by atoms with E-state index < -0.39 is 35.3 Å². The maximum absolute atomic E-state index is 12.8. The van der Waals surface area contributed by atoms with E-state index in [2.05, 4.69) is 27.4 Å². The van der Waals surface area contributed by atoms with Crippen LogP contribution in [0.15, 0.2) is 35.5 Å². The summed E-state index contributed by atoms with van der Waals surface area (Å²) in [5, 5.41) is 9.82. The van der Waals surface area contributed by atoms with Gasteiger partial charge in [0.2, 0.25) is 0 Å². The van der Waals surface area contributed by atoms with Crippen LogP contribution in [0.2, 0.25) is 0 Å². The van der Waals surface area contributed by atoms with Crippen LogP contribution >= 0.6 is 0 Å². The lowest BCUT2D eigenvalue weighted by Gasteiger charge is -2.48. The van der Waals surface area contributed by atoms with Crippen molar-refractivity contribution in [1.82, 2.24) is 0 Å². The summed E-state index contributed by atoms with van der Waals surface area (Å²) in [6, 6.07) is 0. The van der Waals surface area contributed by atoms with Gasteiger partial charge in [0.25, 0.3) is 0 Å². The largest absolute Gasteiger partial charge is 0.481 e. The van der Waals surface area contributed by atoms with Crippen molar-refractivity contribution in [2.24, 2.45) is 29.1 Å². The van der Waals surface area contributed by atoms with E-state index in [4.69, 9.17) is 4.74 Å². The minimum Gasteiger partial charge on any atom is -0.481 e. The lowest BCUT2D eigenvalue weighted by molar-refractivity contribution is -0.152. The fourth-order valence-electron chi connectivity index (χ4n) is 5.16. The van der Waals surface area contributed by atoms with Crippen LogP contribution in [0.5, 0.6) is 0 Å². The molecule has 0 spiro atoms. The molecule has 1 saturated carbocycles. The second-order valence-electron chi connectivity index (χ2n) is 9.81. The zero-order valence-electron chi connectivity index (χ0n) is 19.8. The van der Waals surface area contributed by atoms with Crippen LogP contribution < -0.4 is 0 Å². The fraction of sp³-hybridized carbons (Fsp3) is 0.615. The number of hydrogen-bond acceptors (Lipinski definition) is 5. The molecule has 1 N–H and O–H groups in total. The van der Waals surface area contributed by atoms with Gasteiger partial charge in [-0.25, -0.2) is 4.79 Å². The second-order valence-corrected chi connectivity index (χ2v) is 9.81. The van der Waals surface area contributed by atoms with E-state index in [9.17, 15) is 24.3 Å². The number of rotatable bonds is 9. The first kappa shape index (κ1) is 25.8. The number of ether oxygens (including phenoxy) is 1. The van der Waals surface area contributed by atoms with Crippen LogP contribution in [0.1, 0.15) is 66.7 Å². The van der Waals surface area contributed by atoms with Gasteiger partial charge in [-0.2, -0.15) is 0 Å². The molecular formula is C26H36O6. The van der Waals surface area contributed by atoms with E-state index in [0.29, 0.717) is 36.2 Å². The molecule has 6 atom stereocenters. The van der Waals surface area contributed by atoms with Gasteiger partial charge in [0.15, 0.2) is 5.78 Å². The highest BCUT2D eigenvalue weighted by Crippen LogP contribution is 2.53. The number of esters is 1. The van der Waals surface area contributed by atoms with Crippen LogP contribution in [-0.4, -0.2) is 35.2 Å². The number of allylic oxidation sites excluding steroid dienone is 3. The minimum absolute atomic E-state index is 0.142. The number of ketones is 1. The molecular weight excluding hydrogens is 408 g/mol. The number of aliphatic carboxylic acids is 1. The van der Waals surface area contributed by atoms with Gasteiger partial charge in [-0.15, -0.1) is 0 Å². The molecule has 0 saturated heterocycles. The predicted octanol–water partition coefficient (Wildman–Crippen LogP) is 4.69. The number of aldehydes is 1. The molecule has 2 rings (SSSR count). The Hall–Kier alpha value is -2.50. The Morgan fingerprint density at radius 1 is 1.34 bits per heavy atom. The van der Waals surface area contributed by atoms with Crippen molar-refractivity contribution >= 4 is 24.0 Å². The van der Waals surface area contributed by atoms with E-state index in [1.807, 2.05) is 6.08 Å². The van der Waals surface area contributed by atoms with E-state index in [1.54, 1.807) is 13.8 Å². The number of hydrogen-bond donors (Lipinski definition) is 1. The third-order valence-corrected chi connectivity index (χ3v) is 7.24. The van der Waals surface area contributed by atoms with Crippen LogP contribution in [0.4, 0.5) is 0 Å². The molecule has 0 aromatic rings. The van der Waals surface area contributed by atoms with Gasteiger partial charge in [0.05, 0.1) is 11.8 Å². The summed E-state index contributed by atoms with van der Waals surface area (Å²) in [7, 11) is 0. The van der Waals surface area contributed by atoms with Gasteiger partial charge in [0, 0.05) is 11.0 Å². The number of carboxylic acids is 1. The van der Waals surface area contributed by atoms with Crippen LogP contribution in [0, 0.1) is 29.1 Å². The maximum atomic E-state index is 12.8. The summed E-state index contributed by atoms with van der Waals surface area (Å²) < 4.78 is 5.81. The minimum atomic E-state index is -0.956. The van der Waals surface area contributed by atoms with Gasteiger partial charge >= 0.3 is 11.9 Å². The van der Waals surface area contributed by atoms with E-state index in [0.717, 1.165) is 12.8 Å². The van der Waals surface area contributed by atoms with Crippen molar-refractivity contribution < 1.29 is 29.0 Å². The Labute approximate surface area is 190 Å². The summed E-state index contributed by atoms with van der Waals surface area (Å²) >= 11 is 0. The third-order valence-electron chi connectivity index (χ3n) is 7.24. The SMILES string of the molecule is C=C(C=O)[C@@H]1C[C@@]2(C)C(=CC1=O)[C@H](OC(=O)/C(C)=C/C(C)CC(C)CC)CC[C@@H]2C(=O)O. The summed E-state index contributed by atoms with van der Waals surface area (Å²) in [6.07, 6.45) is 6.08. The van der Waals surface area contributed by atoms with Crippen LogP contribution in [0.3, 0.4) is 0 Å². The topological polar surface area (TPSA) is 97.7 Å². The smallest absolute Gasteiger partial charge is 0.333 e. The van der Waals surface area contributed by atoms with Crippen molar-refractivity contribution in [1.29, 1.82) is 0 Å². The zero-order valence-corrected chi connectivity index (χ0v) is 19.8. The average molecular weight is 445 g/mol. The first-order valence-electron chi connectivity index (χ1n) is 11.5. The first-order chi connectivity index (χ1) is 14.9. The summed E-state index contributed by atoms with van der Waals surface area (Å²) in [5.41, 5.74) is 0.285. The molecule has 2 unspecified atom stereocenters. The fourth-order valence-corrected chi connectivity index (χ4v) is 5.16. The third kappa shape index (κ3) is 5.45. The van der Waals surface area contributed by atoms with Crippen molar-refractivity contribution in [3.63, 3.8) is 0 Å². The normalized spacial score (nSPS) is 29.9. The Morgan fingerprint density at radius 3 is 2.56 bits per heavy atom. The average Bonchev–Trinajstić information content (AvgIpc) is 2.72. The van der Waals surface area contributed by atoms with Crippen molar-refractivity contribution in [3.8, 4) is 0 Å². The molecule has 0 aromatic heterocycles. The number of fused-ring (bicyclic) bond motifs is 1. The van der Waals surface area contributed by atoms with Gasteiger partial charge in [-0.1, -0.05) is 46.8 Å². The summed E-state index contributed by atoms with van der Waals surface area (Å²) in [4.78, 5) is 48.7. The zero-order chi connectivity index (χ0) is 24.2. The van der Waals surface area contributed by atoms with Crippen LogP contribution in [0.25, 0.3) is 0 Å². The van der Waals surface area contributed by atoms with Crippen LogP contribution in [-0.2, 0) is 23.9 Å². The first-order valence-corrected chi connectivity index (χ1v) is 11.5. The molecule has 0 radical (unpaired) electrons. The van der Waals surface area contributed by atoms with E-state index >= 15 is 0 Å². The van der Waals surface area contributed by atoms with Crippen molar-refractivity contribution in [2.45, 2.75) is 72.8 Å². The molecule has 6 nitrogen and oxygen atoms in total. The highest BCUT2D eigenvalue weighted by Gasteiger charge is 2.53.